The van der Waals surface area contributed by atoms with Gasteiger partial charge in [0.15, 0.2) is 11.9 Å². The normalized spacial score (nSPS) is 11.4. The molecule has 0 radical (unpaired) electrons. The minimum Gasteiger partial charge on any atom is -0.481 e. The predicted octanol–water partition coefficient (Wildman–Crippen LogP) is 4.77. The van der Waals surface area contributed by atoms with Crippen LogP contribution in [0.15, 0.2) is 78.9 Å². The Hall–Kier alpha value is -3.60. The van der Waals surface area contributed by atoms with Gasteiger partial charge in [0.2, 0.25) is 0 Å². The maximum absolute atomic E-state index is 12.5. The van der Waals surface area contributed by atoms with E-state index >= 15 is 0 Å². The van der Waals surface area contributed by atoms with Gasteiger partial charge < -0.3 is 14.8 Å². The van der Waals surface area contributed by atoms with Gasteiger partial charge in [-0.1, -0.05) is 48.5 Å². The Morgan fingerprint density at radius 3 is 2.34 bits per heavy atom. The van der Waals surface area contributed by atoms with Gasteiger partial charge in [0.05, 0.1) is 0 Å². The van der Waals surface area contributed by atoms with E-state index in [1.165, 1.54) is 6.92 Å². The van der Waals surface area contributed by atoms with Crippen molar-refractivity contribution >= 4 is 11.7 Å². The van der Waals surface area contributed by atoms with Gasteiger partial charge in [0.25, 0.3) is 5.91 Å². The van der Waals surface area contributed by atoms with Gasteiger partial charge in [-0.15, -0.1) is 0 Å². The summed E-state index contributed by atoms with van der Waals surface area (Å²) in [6.07, 6.45) is -0.709. The van der Waals surface area contributed by atoms with Crippen LogP contribution >= 0.6 is 0 Å². The number of rotatable bonds is 8. The van der Waals surface area contributed by atoms with Crippen molar-refractivity contribution in [1.29, 1.82) is 0 Å². The van der Waals surface area contributed by atoms with Crippen molar-refractivity contribution in [3.63, 3.8) is 0 Å². The summed E-state index contributed by atoms with van der Waals surface area (Å²) in [4.78, 5) is 24.0. The third kappa shape index (κ3) is 5.69. The van der Waals surface area contributed by atoms with Crippen LogP contribution in [0.25, 0.3) is 0 Å². The zero-order valence-electron chi connectivity index (χ0n) is 16.4. The molecule has 3 aromatic carbocycles. The topological polar surface area (TPSA) is 64.6 Å². The average molecular weight is 389 g/mol. The molecule has 5 heteroatoms. The number of para-hydroxylation sites is 2. The van der Waals surface area contributed by atoms with E-state index in [2.05, 4.69) is 5.32 Å². The number of nitrogens with one attached hydrogen (secondary N) is 1. The third-order valence-electron chi connectivity index (χ3n) is 4.32. The second-order valence-electron chi connectivity index (χ2n) is 6.58. The average Bonchev–Trinajstić information content (AvgIpc) is 2.73. The Morgan fingerprint density at radius 1 is 0.897 bits per heavy atom. The largest absolute Gasteiger partial charge is 0.481 e. The van der Waals surface area contributed by atoms with Gasteiger partial charge in [-0.25, -0.2) is 0 Å². The van der Waals surface area contributed by atoms with Crippen molar-refractivity contribution in [1.82, 2.24) is 5.32 Å². The van der Waals surface area contributed by atoms with E-state index in [1.54, 1.807) is 31.2 Å². The van der Waals surface area contributed by atoms with Crippen molar-refractivity contribution in [3.8, 4) is 17.2 Å². The molecule has 0 aliphatic carbocycles. The molecular weight excluding hydrogens is 366 g/mol. The van der Waals surface area contributed by atoms with Gasteiger partial charge in [-0.3, -0.25) is 9.59 Å². The number of hydrogen-bond acceptors (Lipinski definition) is 4. The lowest BCUT2D eigenvalue weighted by Crippen LogP contribution is -2.36. The molecule has 1 N–H and O–H groups in total. The molecule has 0 aromatic heterocycles. The Kier molecular flexibility index (Phi) is 6.63. The zero-order chi connectivity index (χ0) is 20.6. The lowest BCUT2D eigenvalue weighted by Gasteiger charge is -2.16. The first-order valence-corrected chi connectivity index (χ1v) is 9.39. The number of ketones is 1. The van der Waals surface area contributed by atoms with E-state index in [9.17, 15) is 9.59 Å². The second kappa shape index (κ2) is 9.55. The maximum Gasteiger partial charge on any atom is 0.261 e. The molecule has 0 aliphatic heterocycles. The van der Waals surface area contributed by atoms with Crippen LogP contribution < -0.4 is 14.8 Å². The van der Waals surface area contributed by atoms with Crippen molar-refractivity contribution in [2.45, 2.75) is 26.5 Å². The summed E-state index contributed by atoms with van der Waals surface area (Å²) in [6, 6.07) is 23.8. The number of hydrogen-bond donors (Lipinski definition) is 1. The third-order valence-corrected chi connectivity index (χ3v) is 4.32. The van der Waals surface area contributed by atoms with Crippen LogP contribution in [0.2, 0.25) is 0 Å². The summed E-state index contributed by atoms with van der Waals surface area (Å²) in [7, 11) is 0. The molecule has 0 fully saturated rings. The molecule has 0 saturated carbocycles. The van der Waals surface area contributed by atoms with Gasteiger partial charge in [0, 0.05) is 17.7 Å². The van der Waals surface area contributed by atoms with Gasteiger partial charge >= 0.3 is 0 Å². The van der Waals surface area contributed by atoms with Crippen molar-refractivity contribution < 1.29 is 19.1 Å². The van der Waals surface area contributed by atoms with Gasteiger partial charge in [0.1, 0.15) is 17.2 Å². The number of Topliss-reactive ketones (excluding diaryl/α,β-unsaturated/α-hetero) is 1. The molecule has 148 valence electrons. The molecule has 0 bridgehead atoms. The maximum atomic E-state index is 12.5. The molecule has 3 aromatic rings. The Labute approximate surface area is 170 Å². The molecule has 0 heterocycles. The van der Waals surface area contributed by atoms with Crippen LogP contribution in [0.5, 0.6) is 17.2 Å². The molecule has 5 nitrogen and oxygen atoms in total. The SMILES string of the molecule is CC(=O)c1cccc(OC(C)C(=O)NCc2ccccc2Oc2ccccc2)c1. The van der Waals surface area contributed by atoms with E-state index in [-0.39, 0.29) is 11.7 Å². The van der Waals surface area contributed by atoms with Gasteiger partial charge in [-0.2, -0.15) is 0 Å². The fourth-order valence-corrected chi connectivity index (χ4v) is 2.74. The number of benzene rings is 3. The molecular formula is C24H23NO4. The minimum atomic E-state index is -0.709. The molecule has 0 aliphatic rings. The van der Waals surface area contributed by atoms with E-state index < -0.39 is 6.10 Å². The predicted molar refractivity (Wildman–Crippen MR) is 111 cm³/mol. The number of carbonyl (C=O) groups excluding carboxylic acids is 2. The summed E-state index contributed by atoms with van der Waals surface area (Å²) in [5.41, 5.74) is 1.40. The van der Waals surface area contributed by atoms with Crippen LogP contribution in [0, 0.1) is 0 Å². The standard InChI is InChI=1S/C24H23NO4/c1-17(26)19-10-8-13-22(15-19)28-18(2)24(27)25-16-20-9-6-7-14-23(20)29-21-11-4-3-5-12-21/h3-15,18H,16H2,1-2H3,(H,25,27). The summed E-state index contributed by atoms with van der Waals surface area (Å²) in [5.74, 6) is 1.58. The monoisotopic (exact) mass is 389 g/mol. The van der Waals surface area contributed by atoms with Crippen molar-refractivity contribution in [2.24, 2.45) is 0 Å². The van der Waals surface area contributed by atoms with Crippen LogP contribution in [0.3, 0.4) is 0 Å². The second-order valence-corrected chi connectivity index (χ2v) is 6.58. The molecule has 1 atom stereocenters. The minimum absolute atomic E-state index is 0.0532. The summed E-state index contributed by atoms with van der Waals surface area (Å²) in [5, 5.41) is 2.87. The molecule has 1 unspecified atom stereocenters. The van der Waals surface area contributed by atoms with Crippen LogP contribution in [-0.2, 0) is 11.3 Å². The molecule has 3 rings (SSSR count). The summed E-state index contributed by atoms with van der Waals surface area (Å²) < 4.78 is 11.6. The Morgan fingerprint density at radius 2 is 1.59 bits per heavy atom. The zero-order valence-corrected chi connectivity index (χ0v) is 16.4. The highest BCUT2D eigenvalue weighted by molar-refractivity contribution is 5.94. The fourth-order valence-electron chi connectivity index (χ4n) is 2.74. The Bertz CT molecular complexity index is 985. The van der Waals surface area contributed by atoms with Crippen LogP contribution in [0.4, 0.5) is 0 Å². The lowest BCUT2D eigenvalue weighted by molar-refractivity contribution is -0.127. The smallest absolute Gasteiger partial charge is 0.261 e. The van der Waals surface area contributed by atoms with Gasteiger partial charge in [-0.05, 0) is 44.2 Å². The first kappa shape index (κ1) is 20.1. The lowest BCUT2D eigenvalue weighted by atomic mass is 10.1. The molecule has 0 saturated heterocycles. The quantitative estimate of drug-likeness (QED) is 0.564. The van der Waals surface area contributed by atoms with Crippen LogP contribution in [-0.4, -0.2) is 17.8 Å². The first-order chi connectivity index (χ1) is 14.0. The number of ether oxygens (including phenoxy) is 2. The van der Waals surface area contributed by atoms with E-state index in [4.69, 9.17) is 9.47 Å². The molecule has 1 amide bonds. The summed E-state index contributed by atoms with van der Waals surface area (Å²) in [6.45, 7) is 3.47. The molecule has 29 heavy (non-hydrogen) atoms. The van der Waals surface area contributed by atoms with E-state index in [0.29, 0.717) is 23.6 Å². The highest BCUT2D eigenvalue weighted by Crippen LogP contribution is 2.25. The Balaban J connectivity index is 1.60. The first-order valence-electron chi connectivity index (χ1n) is 9.39. The fraction of sp³-hybridized carbons (Fsp3) is 0.167. The molecule has 0 spiro atoms. The number of amides is 1. The van der Waals surface area contributed by atoms with Crippen molar-refractivity contribution in [3.05, 3.63) is 90.0 Å². The van der Waals surface area contributed by atoms with E-state index in [0.717, 1.165) is 11.3 Å². The summed E-state index contributed by atoms with van der Waals surface area (Å²) >= 11 is 0. The van der Waals surface area contributed by atoms with Crippen molar-refractivity contribution in [2.75, 3.05) is 0 Å². The number of carbonyl (C=O) groups is 2. The highest BCUT2D eigenvalue weighted by atomic mass is 16.5. The van der Waals surface area contributed by atoms with Crippen LogP contribution in [0.1, 0.15) is 29.8 Å². The highest BCUT2D eigenvalue weighted by Gasteiger charge is 2.16. The van der Waals surface area contributed by atoms with E-state index in [1.807, 2.05) is 54.6 Å².